The van der Waals surface area contributed by atoms with Crippen molar-refractivity contribution in [3.63, 3.8) is 0 Å². The average Bonchev–Trinajstić information content (AvgIpc) is 3.63. The van der Waals surface area contributed by atoms with E-state index >= 15 is 0 Å². The minimum absolute atomic E-state index is 0.0762. The fraction of sp³-hybridized carbons (Fsp3) is 0.385. The number of carbonyl (C=O) groups is 1. The Bertz CT molecular complexity index is 1300. The lowest BCUT2D eigenvalue weighted by molar-refractivity contribution is 0.0967. The highest BCUT2D eigenvalue weighted by Gasteiger charge is 2.34. The van der Waals surface area contributed by atoms with Crippen LogP contribution in [0.5, 0.6) is 0 Å². The molecule has 2 aromatic carbocycles. The van der Waals surface area contributed by atoms with E-state index < -0.39 is 9.84 Å². The maximum absolute atomic E-state index is 13.3. The van der Waals surface area contributed by atoms with Crippen molar-refractivity contribution in [2.45, 2.75) is 43.9 Å². The van der Waals surface area contributed by atoms with Crippen LogP contribution in [-0.2, 0) is 9.84 Å². The molecule has 0 atom stereocenters. The molecule has 5 nitrogen and oxygen atoms in total. The molecule has 2 fully saturated rings. The Morgan fingerprint density at radius 2 is 1.69 bits per heavy atom. The number of fused-ring (bicyclic) bond motifs is 1. The first kappa shape index (κ1) is 21.1. The molecule has 0 spiro atoms. The van der Waals surface area contributed by atoms with Gasteiger partial charge in [0.25, 0.3) is 0 Å². The van der Waals surface area contributed by atoms with E-state index in [0.29, 0.717) is 5.56 Å². The molecule has 0 N–H and O–H groups in total. The number of nitrogens with zero attached hydrogens (tertiary/aromatic N) is 2. The van der Waals surface area contributed by atoms with Crippen molar-refractivity contribution >= 4 is 32.2 Å². The number of pyridine rings is 1. The lowest BCUT2D eigenvalue weighted by atomic mass is 9.90. The Labute approximate surface area is 189 Å². The number of hydrogen-bond donors (Lipinski definition) is 0. The van der Waals surface area contributed by atoms with Gasteiger partial charge >= 0.3 is 0 Å². The van der Waals surface area contributed by atoms with Crippen molar-refractivity contribution in [2.75, 3.05) is 24.2 Å². The molecule has 3 aromatic rings. The number of hydrogen-bond acceptors (Lipinski definition) is 5. The highest BCUT2D eigenvalue weighted by atomic mass is 32.2. The van der Waals surface area contributed by atoms with Crippen LogP contribution in [0.15, 0.2) is 47.4 Å². The van der Waals surface area contributed by atoms with Gasteiger partial charge in [0.05, 0.1) is 10.4 Å². The van der Waals surface area contributed by atoms with Gasteiger partial charge in [-0.3, -0.25) is 9.78 Å². The molecule has 32 heavy (non-hydrogen) atoms. The van der Waals surface area contributed by atoms with E-state index in [-0.39, 0.29) is 16.6 Å². The fourth-order valence-corrected chi connectivity index (χ4v) is 5.37. The lowest BCUT2D eigenvalue weighted by Gasteiger charge is -2.29. The molecule has 166 valence electrons. The minimum Gasteiger partial charge on any atom is -0.372 e. The molecule has 0 bridgehead atoms. The Balaban J connectivity index is 1.74. The topological polar surface area (TPSA) is 67.3 Å². The van der Waals surface area contributed by atoms with Gasteiger partial charge < -0.3 is 4.90 Å². The van der Waals surface area contributed by atoms with E-state index in [1.165, 1.54) is 25.5 Å². The summed E-state index contributed by atoms with van der Waals surface area (Å²) in [6.45, 7) is 3.98. The number of ketones is 1. The molecule has 2 aliphatic rings. The third kappa shape index (κ3) is 3.92. The average molecular weight is 449 g/mol. The van der Waals surface area contributed by atoms with Gasteiger partial charge in [-0.05, 0) is 74.9 Å². The second-order valence-electron chi connectivity index (χ2n) is 9.13. The molecule has 1 aromatic heterocycles. The number of aromatic nitrogens is 1. The molecule has 0 radical (unpaired) electrons. The first-order valence-electron chi connectivity index (χ1n) is 11.4. The summed E-state index contributed by atoms with van der Waals surface area (Å²) in [7, 11) is -3.29. The molecule has 1 saturated heterocycles. The molecular weight excluding hydrogens is 420 g/mol. The van der Waals surface area contributed by atoms with Crippen molar-refractivity contribution in [1.29, 1.82) is 0 Å². The smallest absolute Gasteiger partial charge is 0.175 e. The van der Waals surface area contributed by atoms with E-state index in [9.17, 15) is 13.2 Å². The number of Topliss-reactive ketones (excluding diaryl/α,β-unsaturated/α-hetero) is 1. The first-order valence-corrected chi connectivity index (χ1v) is 13.3. The molecule has 0 unspecified atom stereocenters. The molecular formula is C26H28N2O3S. The summed E-state index contributed by atoms with van der Waals surface area (Å²) in [6.07, 6.45) is 6.71. The van der Waals surface area contributed by atoms with Crippen LogP contribution in [0.3, 0.4) is 0 Å². The van der Waals surface area contributed by atoms with Gasteiger partial charge in [-0.1, -0.05) is 12.1 Å². The summed E-state index contributed by atoms with van der Waals surface area (Å²) in [5, 5.41) is 0.953. The van der Waals surface area contributed by atoms with Crippen LogP contribution in [0, 0.1) is 12.8 Å². The standard InChI is InChI=1S/C26H28N2O3S/c1-17-24(26(29)19-6-7-19)25(18-8-11-21(12-9-18)32(2,30)31)22-16-20(10-13-23(22)27-17)28-14-4-3-5-15-28/h8-13,16,19H,3-7,14-15H2,1-2H3. The summed E-state index contributed by atoms with van der Waals surface area (Å²) >= 11 is 0. The van der Waals surface area contributed by atoms with Gasteiger partial charge in [0.15, 0.2) is 15.6 Å². The van der Waals surface area contributed by atoms with E-state index in [1.807, 2.05) is 25.1 Å². The molecule has 1 aliphatic carbocycles. The number of benzene rings is 2. The SMILES string of the molecule is Cc1nc2ccc(N3CCCCC3)cc2c(-c2ccc(S(C)(=O)=O)cc2)c1C(=O)C1CC1. The second kappa shape index (κ2) is 8.00. The zero-order valence-electron chi connectivity index (χ0n) is 18.6. The summed E-state index contributed by atoms with van der Waals surface area (Å²) in [5.74, 6) is 0.231. The molecule has 2 heterocycles. The normalized spacial score (nSPS) is 17.0. The zero-order valence-corrected chi connectivity index (χ0v) is 19.4. The predicted octanol–water partition coefficient (Wildman–Crippen LogP) is 5.20. The Morgan fingerprint density at radius 1 is 1.00 bits per heavy atom. The number of sulfone groups is 1. The summed E-state index contributed by atoms with van der Waals surface area (Å²) in [6, 6.07) is 13.2. The number of piperidine rings is 1. The molecule has 0 amide bonds. The maximum atomic E-state index is 13.3. The molecule has 1 aliphatic heterocycles. The summed E-state index contributed by atoms with van der Waals surface area (Å²) in [4.78, 5) is 20.8. The Hall–Kier alpha value is -2.73. The molecule has 5 rings (SSSR count). The fourth-order valence-electron chi connectivity index (χ4n) is 4.74. The van der Waals surface area contributed by atoms with Crippen LogP contribution in [0.1, 0.15) is 48.2 Å². The van der Waals surface area contributed by atoms with Crippen molar-refractivity contribution in [3.8, 4) is 11.1 Å². The van der Waals surface area contributed by atoms with E-state index in [2.05, 4.69) is 17.0 Å². The van der Waals surface area contributed by atoms with Gasteiger partial charge in [-0.25, -0.2) is 8.42 Å². The summed E-state index contributed by atoms with van der Waals surface area (Å²) < 4.78 is 23.9. The minimum atomic E-state index is -3.29. The predicted molar refractivity (Wildman–Crippen MR) is 128 cm³/mol. The van der Waals surface area contributed by atoms with Crippen LogP contribution in [0.2, 0.25) is 0 Å². The van der Waals surface area contributed by atoms with Crippen molar-refractivity contribution in [2.24, 2.45) is 5.92 Å². The Kier molecular flexibility index (Phi) is 5.28. The number of anilines is 1. The van der Waals surface area contributed by atoms with Crippen molar-refractivity contribution in [1.82, 2.24) is 4.98 Å². The van der Waals surface area contributed by atoms with Crippen LogP contribution in [-0.4, -0.2) is 38.5 Å². The van der Waals surface area contributed by atoms with Crippen molar-refractivity contribution < 1.29 is 13.2 Å². The molecule has 6 heteroatoms. The van der Waals surface area contributed by atoms with Gasteiger partial charge in [0.1, 0.15) is 0 Å². The second-order valence-corrected chi connectivity index (χ2v) is 11.1. The number of aryl methyl sites for hydroxylation is 1. The lowest BCUT2D eigenvalue weighted by Crippen LogP contribution is -2.29. The van der Waals surface area contributed by atoms with Gasteiger partial charge in [0, 0.05) is 53.2 Å². The maximum Gasteiger partial charge on any atom is 0.175 e. The quantitative estimate of drug-likeness (QED) is 0.502. The third-order valence-corrected chi connectivity index (χ3v) is 7.76. The van der Waals surface area contributed by atoms with Crippen LogP contribution in [0.25, 0.3) is 22.0 Å². The summed E-state index contributed by atoms with van der Waals surface area (Å²) in [5.41, 5.74) is 5.17. The van der Waals surface area contributed by atoms with Crippen molar-refractivity contribution in [3.05, 3.63) is 53.7 Å². The van der Waals surface area contributed by atoms with Gasteiger partial charge in [-0.15, -0.1) is 0 Å². The number of rotatable bonds is 5. The Morgan fingerprint density at radius 3 is 2.31 bits per heavy atom. The largest absolute Gasteiger partial charge is 0.372 e. The van der Waals surface area contributed by atoms with Crippen LogP contribution < -0.4 is 4.90 Å². The van der Waals surface area contributed by atoms with E-state index in [0.717, 1.165) is 59.3 Å². The van der Waals surface area contributed by atoms with Gasteiger partial charge in [0.2, 0.25) is 0 Å². The van der Waals surface area contributed by atoms with E-state index in [4.69, 9.17) is 4.98 Å². The van der Waals surface area contributed by atoms with Crippen LogP contribution in [0.4, 0.5) is 5.69 Å². The number of carbonyl (C=O) groups excluding carboxylic acids is 1. The van der Waals surface area contributed by atoms with E-state index in [1.54, 1.807) is 12.1 Å². The monoisotopic (exact) mass is 448 g/mol. The highest BCUT2D eigenvalue weighted by Crippen LogP contribution is 2.41. The third-order valence-electron chi connectivity index (χ3n) is 6.64. The van der Waals surface area contributed by atoms with Crippen LogP contribution >= 0.6 is 0 Å². The zero-order chi connectivity index (χ0) is 22.5. The highest BCUT2D eigenvalue weighted by molar-refractivity contribution is 7.90. The van der Waals surface area contributed by atoms with Gasteiger partial charge in [-0.2, -0.15) is 0 Å². The first-order chi connectivity index (χ1) is 15.3. The molecule has 1 saturated carbocycles.